The summed E-state index contributed by atoms with van der Waals surface area (Å²) in [5.74, 6) is 0. The summed E-state index contributed by atoms with van der Waals surface area (Å²) in [6.07, 6.45) is 0. The molecule has 4 heteroatoms. The first-order chi connectivity index (χ1) is 6.77. The Hall–Kier alpha value is -1.05. The van der Waals surface area contributed by atoms with Crippen molar-refractivity contribution in [3.8, 4) is 6.07 Å². The van der Waals surface area contributed by atoms with Crippen molar-refractivity contribution >= 4 is 21.6 Å². The van der Waals surface area contributed by atoms with Gasteiger partial charge in [-0.15, -0.1) is 0 Å². The summed E-state index contributed by atoms with van der Waals surface area (Å²) >= 11 is 3.33. The van der Waals surface area contributed by atoms with E-state index in [0.717, 1.165) is 23.2 Å². The maximum absolute atomic E-state index is 8.87. The average molecular weight is 254 g/mol. The molecule has 0 amide bonds. The molecule has 1 aromatic rings. The molecule has 0 spiro atoms. The summed E-state index contributed by atoms with van der Waals surface area (Å²) in [6.45, 7) is 1.69. The van der Waals surface area contributed by atoms with Gasteiger partial charge in [0.05, 0.1) is 11.3 Å². The second-order valence-electron chi connectivity index (χ2n) is 2.83. The van der Waals surface area contributed by atoms with E-state index in [1.54, 1.807) is 0 Å². The molecule has 0 saturated carbocycles. The molecule has 2 N–H and O–H groups in total. The zero-order valence-corrected chi connectivity index (χ0v) is 9.56. The number of benzene rings is 1. The Bertz CT molecular complexity index is 344. The summed E-state index contributed by atoms with van der Waals surface area (Å²) in [5.41, 5.74) is 1.54. The van der Waals surface area contributed by atoms with Gasteiger partial charge >= 0.3 is 0 Å². The molecule has 0 fully saturated rings. The number of hydrogen-bond donors (Lipinski definition) is 2. The fourth-order valence-electron chi connectivity index (χ4n) is 1.09. The Morgan fingerprint density at radius 3 is 2.86 bits per heavy atom. The number of halogens is 1. The van der Waals surface area contributed by atoms with Crippen molar-refractivity contribution in [2.24, 2.45) is 0 Å². The fraction of sp³-hybridized carbons (Fsp3) is 0.300. The van der Waals surface area contributed by atoms with E-state index in [0.29, 0.717) is 5.56 Å². The van der Waals surface area contributed by atoms with Crippen LogP contribution >= 0.6 is 15.9 Å². The van der Waals surface area contributed by atoms with E-state index in [4.69, 9.17) is 5.26 Å². The number of likely N-dealkylation sites (N-methyl/N-ethyl adjacent to an activating group) is 1. The topological polar surface area (TPSA) is 47.8 Å². The number of rotatable bonds is 4. The molecule has 0 aliphatic rings. The lowest BCUT2D eigenvalue weighted by atomic mass is 10.2. The molecule has 0 aliphatic carbocycles. The molecule has 0 radical (unpaired) electrons. The van der Waals surface area contributed by atoms with E-state index in [1.807, 2.05) is 25.2 Å². The lowest BCUT2D eigenvalue weighted by Gasteiger charge is -2.07. The second-order valence-corrected chi connectivity index (χ2v) is 3.75. The quantitative estimate of drug-likeness (QED) is 0.807. The summed E-state index contributed by atoms with van der Waals surface area (Å²) in [6, 6.07) is 7.78. The molecule has 0 atom stereocenters. The van der Waals surface area contributed by atoms with Gasteiger partial charge in [0.25, 0.3) is 0 Å². The van der Waals surface area contributed by atoms with Gasteiger partial charge in [0.2, 0.25) is 0 Å². The van der Waals surface area contributed by atoms with Gasteiger partial charge in [-0.05, 0) is 25.2 Å². The third-order valence-corrected chi connectivity index (χ3v) is 2.29. The minimum absolute atomic E-state index is 0.662. The number of nitriles is 1. The van der Waals surface area contributed by atoms with Crippen molar-refractivity contribution in [3.63, 3.8) is 0 Å². The minimum atomic E-state index is 0.662. The maximum Gasteiger partial charge on any atom is 0.101 e. The van der Waals surface area contributed by atoms with Crippen molar-refractivity contribution in [1.82, 2.24) is 5.32 Å². The van der Waals surface area contributed by atoms with Gasteiger partial charge in [0.15, 0.2) is 0 Å². The highest BCUT2D eigenvalue weighted by Gasteiger charge is 2.00. The molecule has 0 aliphatic heterocycles. The van der Waals surface area contributed by atoms with Crippen LogP contribution in [-0.4, -0.2) is 20.1 Å². The van der Waals surface area contributed by atoms with Crippen LogP contribution < -0.4 is 10.6 Å². The van der Waals surface area contributed by atoms with Gasteiger partial charge in [-0.2, -0.15) is 5.26 Å². The van der Waals surface area contributed by atoms with Crippen LogP contribution in [0.2, 0.25) is 0 Å². The van der Waals surface area contributed by atoms with Crippen LogP contribution in [0.5, 0.6) is 0 Å². The zero-order chi connectivity index (χ0) is 10.4. The Morgan fingerprint density at radius 2 is 2.21 bits per heavy atom. The van der Waals surface area contributed by atoms with Gasteiger partial charge in [0.1, 0.15) is 6.07 Å². The van der Waals surface area contributed by atoms with Crippen LogP contribution in [0.25, 0.3) is 0 Å². The Labute approximate surface area is 92.3 Å². The average Bonchev–Trinajstić information content (AvgIpc) is 2.20. The SMILES string of the molecule is CNCCNc1ccc(Br)cc1C#N. The smallest absolute Gasteiger partial charge is 0.101 e. The molecule has 14 heavy (non-hydrogen) atoms. The third-order valence-electron chi connectivity index (χ3n) is 1.79. The van der Waals surface area contributed by atoms with Crippen LogP contribution in [0.3, 0.4) is 0 Å². The molecule has 1 rings (SSSR count). The number of nitrogens with zero attached hydrogens (tertiary/aromatic N) is 1. The fourth-order valence-corrected chi connectivity index (χ4v) is 1.45. The summed E-state index contributed by atoms with van der Waals surface area (Å²) in [4.78, 5) is 0. The van der Waals surface area contributed by atoms with Crippen molar-refractivity contribution in [2.45, 2.75) is 0 Å². The summed E-state index contributed by atoms with van der Waals surface area (Å²) in [5, 5.41) is 15.1. The van der Waals surface area contributed by atoms with E-state index in [1.165, 1.54) is 0 Å². The van der Waals surface area contributed by atoms with Crippen molar-refractivity contribution in [3.05, 3.63) is 28.2 Å². The Morgan fingerprint density at radius 1 is 1.43 bits per heavy atom. The first-order valence-corrected chi connectivity index (χ1v) is 5.15. The molecule has 0 bridgehead atoms. The Kier molecular flexibility index (Phi) is 4.44. The molecule has 74 valence electrons. The van der Waals surface area contributed by atoms with Crippen LogP contribution in [0.1, 0.15) is 5.56 Å². The zero-order valence-electron chi connectivity index (χ0n) is 7.97. The predicted molar refractivity (Wildman–Crippen MR) is 61.3 cm³/mol. The molecule has 0 unspecified atom stereocenters. The van der Waals surface area contributed by atoms with Gasteiger partial charge in [0, 0.05) is 17.6 Å². The van der Waals surface area contributed by atoms with Gasteiger partial charge in [-0.1, -0.05) is 15.9 Å². The van der Waals surface area contributed by atoms with Crippen LogP contribution in [0.15, 0.2) is 22.7 Å². The van der Waals surface area contributed by atoms with E-state index < -0.39 is 0 Å². The number of hydrogen-bond acceptors (Lipinski definition) is 3. The highest BCUT2D eigenvalue weighted by molar-refractivity contribution is 9.10. The molecule has 0 heterocycles. The van der Waals surface area contributed by atoms with Crippen molar-refractivity contribution in [1.29, 1.82) is 5.26 Å². The largest absolute Gasteiger partial charge is 0.383 e. The van der Waals surface area contributed by atoms with Crippen molar-refractivity contribution in [2.75, 3.05) is 25.5 Å². The van der Waals surface area contributed by atoms with Crippen molar-refractivity contribution < 1.29 is 0 Å². The molecule has 0 saturated heterocycles. The highest BCUT2D eigenvalue weighted by atomic mass is 79.9. The maximum atomic E-state index is 8.87. The number of nitrogens with one attached hydrogen (secondary N) is 2. The standard InChI is InChI=1S/C10H12BrN3/c1-13-4-5-14-10-3-2-9(11)6-8(10)7-12/h2-3,6,13-14H,4-5H2,1H3. The van der Waals surface area contributed by atoms with E-state index >= 15 is 0 Å². The molecule has 3 nitrogen and oxygen atoms in total. The van der Waals surface area contributed by atoms with Crippen LogP contribution in [0.4, 0.5) is 5.69 Å². The second kappa shape index (κ2) is 5.63. The van der Waals surface area contributed by atoms with Crippen LogP contribution in [-0.2, 0) is 0 Å². The lowest BCUT2D eigenvalue weighted by Crippen LogP contribution is -2.18. The minimum Gasteiger partial charge on any atom is -0.383 e. The molecular weight excluding hydrogens is 242 g/mol. The van der Waals surface area contributed by atoms with Gasteiger partial charge in [-0.25, -0.2) is 0 Å². The molecule has 0 aromatic heterocycles. The highest BCUT2D eigenvalue weighted by Crippen LogP contribution is 2.19. The summed E-state index contributed by atoms with van der Waals surface area (Å²) < 4.78 is 0.924. The first kappa shape index (κ1) is 11.0. The summed E-state index contributed by atoms with van der Waals surface area (Å²) in [7, 11) is 1.90. The Balaban J connectivity index is 2.72. The normalized spacial score (nSPS) is 9.50. The lowest BCUT2D eigenvalue weighted by molar-refractivity contribution is 0.823. The first-order valence-electron chi connectivity index (χ1n) is 4.36. The molecule has 1 aromatic carbocycles. The van der Waals surface area contributed by atoms with Gasteiger partial charge in [-0.3, -0.25) is 0 Å². The molecular formula is C10H12BrN3. The monoisotopic (exact) mass is 253 g/mol. The van der Waals surface area contributed by atoms with Crippen LogP contribution in [0, 0.1) is 11.3 Å². The van der Waals surface area contributed by atoms with E-state index in [-0.39, 0.29) is 0 Å². The van der Waals surface area contributed by atoms with E-state index in [2.05, 4.69) is 32.6 Å². The van der Waals surface area contributed by atoms with E-state index in [9.17, 15) is 0 Å². The third kappa shape index (κ3) is 3.02. The van der Waals surface area contributed by atoms with Gasteiger partial charge < -0.3 is 10.6 Å². The predicted octanol–water partition coefficient (Wildman–Crippen LogP) is 1.95. The number of anilines is 1.